The van der Waals surface area contributed by atoms with Crippen molar-refractivity contribution in [3.63, 3.8) is 0 Å². The zero-order valence-corrected chi connectivity index (χ0v) is 11.6. The minimum absolute atomic E-state index is 0.314. The Morgan fingerprint density at radius 1 is 1.14 bits per heavy atom. The fourth-order valence-electron chi connectivity index (χ4n) is 1.46. The molecule has 0 spiro atoms. The van der Waals surface area contributed by atoms with Crippen LogP contribution < -0.4 is 0 Å². The van der Waals surface area contributed by atoms with E-state index in [0.717, 1.165) is 11.5 Å². The Morgan fingerprint density at radius 3 is 2.07 bits per heavy atom. The summed E-state index contributed by atoms with van der Waals surface area (Å²) in [5.74, 6) is 2.02. The van der Waals surface area contributed by atoms with Crippen molar-refractivity contribution in [2.75, 3.05) is 0 Å². The van der Waals surface area contributed by atoms with Gasteiger partial charge >= 0.3 is 0 Å². The Bertz CT molecular complexity index is 314. The maximum atomic E-state index is 5.57. The first-order valence-corrected chi connectivity index (χ1v) is 9.90. The van der Waals surface area contributed by atoms with Crippen LogP contribution in [0.3, 0.4) is 0 Å². The summed E-state index contributed by atoms with van der Waals surface area (Å²) in [5.41, 5.74) is 0. The molecule has 76 valence electrons. The van der Waals surface area contributed by atoms with Crippen LogP contribution in [0.25, 0.3) is 6.08 Å². The maximum Gasteiger partial charge on any atom is 0.126 e. The van der Waals surface area contributed by atoms with E-state index >= 15 is 0 Å². The van der Waals surface area contributed by atoms with Crippen LogP contribution in [0.2, 0.25) is 26.2 Å². The number of furan rings is 1. The molecule has 0 aliphatic carbocycles. The molecular weight excluding hydrogens is 204 g/mol. The molecule has 0 N–H and O–H groups in total. The lowest BCUT2D eigenvalue weighted by molar-refractivity contribution is 0.525. The molecule has 0 aromatic carbocycles. The summed E-state index contributed by atoms with van der Waals surface area (Å²) in [6, 6.07) is 4.09. The van der Waals surface area contributed by atoms with Gasteiger partial charge in [0, 0.05) is 0 Å². The average Bonchev–Trinajstić information content (AvgIpc) is 2.46. The Morgan fingerprint density at radius 2 is 1.71 bits per heavy atom. The Kier molecular flexibility index (Phi) is 3.95. The molecule has 1 aromatic heterocycles. The van der Waals surface area contributed by atoms with Gasteiger partial charge in [0.1, 0.15) is 11.5 Å². The van der Waals surface area contributed by atoms with Crippen molar-refractivity contribution in [1.82, 2.24) is 0 Å². The highest BCUT2D eigenvalue weighted by molar-refractivity contribution is 6.87. The summed E-state index contributed by atoms with van der Waals surface area (Å²) in [5, 5.41) is 0. The van der Waals surface area contributed by atoms with E-state index in [9.17, 15) is 0 Å². The summed E-state index contributed by atoms with van der Waals surface area (Å²) in [6.07, 6.45) is 2.26. The van der Waals surface area contributed by atoms with Crippen LogP contribution in [-0.4, -0.2) is 17.6 Å². The zero-order valence-electron chi connectivity index (χ0n) is 9.64. The van der Waals surface area contributed by atoms with Crippen LogP contribution in [0.4, 0.5) is 0 Å². The normalized spacial score (nSPS) is 11.1. The van der Waals surface area contributed by atoms with Crippen LogP contribution >= 0.6 is 0 Å². The summed E-state index contributed by atoms with van der Waals surface area (Å²) in [6.45, 7) is 11.4. The number of hydrogen-bond acceptors (Lipinski definition) is 1. The van der Waals surface area contributed by atoms with E-state index in [1.165, 1.54) is 0 Å². The number of rotatable bonds is 3. The molecule has 0 aliphatic heterocycles. The Hall–Kier alpha value is -0.546. The van der Waals surface area contributed by atoms with Crippen molar-refractivity contribution in [2.45, 2.75) is 33.1 Å². The minimum Gasteiger partial charge on any atom is -0.462 e. The molecule has 3 heteroatoms. The molecular formula is C11H18OSi2. The van der Waals surface area contributed by atoms with Crippen LogP contribution in [0.15, 0.2) is 21.4 Å². The lowest BCUT2D eigenvalue weighted by atomic mass is 10.4. The minimum atomic E-state index is -0.314. The lowest BCUT2D eigenvalue weighted by Gasteiger charge is -2.11. The third-order valence-corrected chi connectivity index (χ3v) is 7.57. The SMILES string of the molecule is Cc1ccc(C=C([Si](C)C)[Si](C)C)o1. The van der Waals surface area contributed by atoms with Gasteiger partial charge in [-0.3, -0.25) is 0 Å². The van der Waals surface area contributed by atoms with Crippen LogP contribution in [0.5, 0.6) is 0 Å². The molecule has 1 rings (SSSR count). The van der Waals surface area contributed by atoms with Gasteiger partial charge in [0.05, 0.1) is 17.6 Å². The molecule has 2 radical (unpaired) electrons. The predicted molar refractivity (Wildman–Crippen MR) is 66.4 cm³/mol. The van der Waals surface area contributed by atoms with Gasteiger partial charge in [0.2, 0.25) is 0 Å². The van der Waals surface area contributed by atoms with E-state index in [0.29, 0.717) is 0 Å². The highest BCUT2D eigenvalue weighted by Crippen LogP contribution is 2.15. The second-order valence-corrected chi connectivity index (χ2v) is 9.58. The van der Waals surface area contributed by atoms with Crippen LogP contribution in [0, 0.1) is 6.92 Å². The molecule has 0 saturated heterocycles. The maximum absolute atomic E-state index is 5.57. The molecule has 0 atom stereocenters. The van der Waals surface area contributed by atoms with Crippen molar-refractivity contribution < 1.29 is 4.42 Å². The fourth-order valence-corrected chi connectivity index (χ4v) is 6.32. The van der Waals surface area contributed by atoms with Gasteiger partial charge < -0.3 is 4.42 Å². The third-order valence-electron chi connectivity index (χ3n) is 2.13. The van der Waals surface area contributed by atoms with Crippen molar-refractivity contribution in [3.8, 4) is 0 Å². The smallest absolute Gasteiger partial charge is 0.126 e. The van der Waals surface area contributed by atoms with E-state index in [1.54, 1.807) is 4.82 Å². The topological polar surface area (TPSA) is 13.1 Å². The van der Waals surface area contributed by atoms with E-state index in [2.05, 4.69) is 38.3 Å². The summed E-state index contributed by atoms with van der Waals surface area (Å²) >= 11 is 0. The summed E-state index contributed by atoms with van der Waals surface area (Å²) in [4.78, 5) is 1.65. The van der Waals surface area contributed by atoms with Gasteiger partial charge in [-0.2, -0.15) is 0 Å². The molecule has 1 nitrogen and oxygen atoms in total. The zero-order chi connectivity index (χ0) is 10.7. The molecule has 0 fully saturated rings. The summed E-state index contributed by atoms with van der Waals surface area (Å²) in [7, 11) is -0.629. The Balaban J connectivity index is 2.93. The van der Waals surface area contributed by atoms with Gasteiger partial charge in [-0.25, -0.2) is 0 Å². The molecule has 0 aliphatic rings. The van der Waals surface area contributed by atoms with Gasteiger partial charge in [0.15, 0.2) is 0 Å². The lowest BCUT2D eigenvalue weighted by Crippen LogP contribution is -2.18. The molecule has 1 heterocycles. The summed E-state index contributed by atoms with van der Waals surface area (Å²) < 4.78 is 5.57. The fraction of sp³-hybridized carbons (Fsp3) is 0.455. The van der Waals surface area contributed by atoms with Gasteiger partial charge in [-0.1, -0.05) is 31.0 Å². The molecule has 0 amide bonds. The number of hydrogen-bond donors (Lipinski definition) is 0. The van der Waals surface area contributed by atoms with Crippen LogP contribution in [-0.2, 0) is 0 Å². The van der Waals surface area contributed by atoms with E-state index in [-0.39, 0.29) is 17.6 Å². The molecule has 0 bridgehead atoms. The van der Waals surface area contributed by atoms with Crippen molar-refractivity contribution >= 4 is 23.7 Å². The molecule has 1 aromatic rings. The highest BCUT2D eigenvalue weighted by atomic mass is 28.3. The quantitative estimate of drug-likeness (QED) is 0.713. The van der Waals surface area contributed by atoms with Crippen molar-refractivity contribution in [1.29, 1.82) is 0 Å². The largest absolute Gasteiger partial charge is 0.462 e. The molecule has 0 unspecified atom stereocenters. The van der Waals surface area contributed by atoms with Crippen molar-refractivity contribution in [3.05, 3.63) is 28.5 Å². The van der Waals surface area contributed by atoms with Gasteiger partial charge in [0.25, 0.3) is 0 Å². The number of aryl methyl sites for hydroxylation is 1. The third kappa shape index (κ3) is 2.99. The first kappa shape index (κ1) is 11.5. The molecule has 0 saturated carbocycles. The van der Waals surface area contributed by atoms with Crippen molar-refractivity contribution in [2.24, 2.45) is 0 Å². The average molecular weight is 222 g/mol. The van der Waals surface area contributed by atoms with E-state index < -0.39 is 0 Å². The van der Waals surface area contributed by atoms with E-state index in [1.807, 2.05) is 13.0 Å². The Labute approximate surface area is 90.0 Å². The first-order valence-electron chi connectivity index (χ1n) is 4.90. The van der Waals surface area contributed by atoms with Gasteiger partial charge in [-0.15, -0.1) is 0 Å². The monoisotopic (exact) mass is 222 g/mol. The van der Waals surface area contributed by atoms with Gasteiger partial charge in [-0.05, 0) is 25.1 Å². The second kappa shape index (κ2) is 4.80. The first-order chi connectivity index (χ1) is 6.50. The van der Waals surface area contributed by atoms with E-state index in [4.69, 9.17) is 4.42 Å². The molecule has 14 heavy (non-hydrogen) atoms. The van der Waals surface area contributed by atoms with Crippen LogP contribution in [0.1, 0.15) is 11.5 Å². The highest BCUT2D eigenvalue weighted by Gasteiger charge is 2.11. The second-order valence-electron chi connectivity index (χ2n) is 4.01. The standard InChI is InChI=1S/C11H18OSi2/c1-9-6-7-10(12-9)8-11(13(2)3)14(4)5/h6-8H,1-5H3. The predicted octanol–water partition coefficient (Wildman–Crippen LogP) is 3.56.